The SMILES string of the molecule is Cc1cc2ncc(CN(C)C)c(C3CCCN3C(=O)C3CCCCC3)n2n1. The maximum atomic E-state index is 13.3. The number of likely N-dealkylation sites (tertiary alicyclic amines) is 1. The smallest absolute Gasteiger partial charge is 0.226 e. The van der Waals surface area contributed by atoms with E-state index in [4.69, 9.17) is 5.10 Å². The molecular weight excluding hydrogens is 338 g/mol. The lowest BCUT2D eigenvalue weighted by Gasteiger charge is -2.32. The Labute approximate surface area is 161 Å². The normalized spacial score (nSPS) is 21.5. The summed E-state index contributed by atoms with van der Waals surface area (Å²) in [5, 5.41) is 4.73. The Hall–Kier alpha value is -1.95. The Morgan fingerprint density at radius 2 is 1.96 bits per heavy atom. The Balaban J connectivity index is 1.73. The zero-order valence-corrected chi connectivity index (χ0v) is 16.8. The van der Waals surface area contributed by atoms with Gasteiger partial charge in [0.25, 0.3) is 0 Å². The van der Waals surface area contributed by atoms with Crippen LogP contribution in [-0.2, 0) is 11.3 Å². The van der Waals surface area contributed by atoms with Crippen molar-refractivity contribution in [1.82, 2.24) is 24.4 Å². The molecule has 2 fully saturated rings. The summed E-state index contributed by atoms with van der Waals surface area (Å²) < 4.78 is 1.99. The fourth-order valence-electron chi connectivity index (χ4n) is 4.82. The van der Waals surface area contributed by atoms with Gasteiger partial charge in [0.2, 0.25) is 5.91 Å². The van der Waals surface area contributed by atoms with E-state index in [1.54, 1.807) is 0 Å². The summed E-state index contributed by atoms with van der Waals surface area (Å²) in [6.07, 6.45) is 9.83. The molecule has 3 heterocycles. The number of hydrogen-bond donors (Lipinski definition) is 0. The topological polar surface area (TPSA) is 53.7 Å². The zero-order valence-electron chi connectivity index (χ0n) is 16.8. The van der Waals surface area contributed by atoms with E-state index in [0.29, 0.717) is 5.91 Å². The number of rotatable bonds is 4. The first-order chi connectivity index (χ1) is 13.0. The van der Waals surface area contributed by atoms with Crippen molar-refractivity contribution >= 4 is 11.6 Å². The number of amides is 1. The highest BCUT2D eigenvalue weighted by Crippen LogP contribution is 2.37. The predicted molar refractivity (Wildman–Crippen MR) is 105 cm³/mol. The van der Waals surface area contributed by atoms with Crippen molar-refractivity contribution in [3.05, 3.63) is 29.2 Å². The average molecular weight is 370 g/mol. The van der Waals surface area contributed by atoms with E-state index in [2.05, 4.69) is 28.9 Å². The third kappa shape index (κ3) is 3.59. The van der Waals surface area contributed by atoms with Gasteiger partial charge < -0.3 is 9.80 Å². The van der Waals surface area contributed by atoms with Crippen LogP contribution in [0.5, 0.6) is 0 Å². The fourth-order valence-corrected chi connectivity index (χ4v) is 4.82. The number of carbonyl (C=O) groups excluding carboxylic acids is 1. The molecule has 6 heteroatoms. The first-order valence-corrected chi connectivity index (χ1v) is 10.3. The van der Waals surface area contributed by atoms with Crippen LogP contribution in [0.4, 0.5) is 0 Å². The molecule has 6 nitrogen and oxygen atoms in total. The van der Waals surface area contributed by atoms with Gasteiger partial charge in [0, 0.05) is 36.8 Å². The molecule has 0 radical (unpaired) electrons. The van der Waals surface area contributed by atoms with Crippen LogP contribution in [0.25, 0.3) is 5.65 Å². The highest BCUT2D eigenvalue weighted by Gasteiger charge is 2.37. The van der Waals surface area contributed by atoms with Crippen LogP contribution in [0.15, 0.2) is 12.3 Å². The van der Waals surface area contributed by atoms with Crippen LogP contribution in [0, 0.1) is 12.8 Å². The van der Waals surface area contributed by atoms with Gasteiger partial charge in [-0.1, -0.05) is 19.3 Å². The van der Waals surface area contributed by atoms with Gasteiger partial charge in [0.05, 0.1) is 17.4 Å². The molecule has 1 amide bonds. The van der Waals surface area contributed by atoms with Gasteiger partial charge in [-0.15, -0.1) is 0 Å². The monoisotopic (exact) mass is 369 g/mol. The van der Waals surface area contributed by atoms with E-state index < -0.39 is 0 Å². The Kier molecular flexibility index (Phi) is 5.17. The molecule has 0 bridgehead atoms. The zero-order chi connectivity index (χ0) is 19.0. The van der Waals surface area contributed by atoms with Gasteiger partial charge >= 0.3 is 0 Å². The molecular formula is C21H31N5O. The highest BCUT2D eigenvalue weighted by molar-refractivity contribution is 5.79. The third-order valence-electron chi connectivity index (χ3n) is 6.02. The predicted octanol–water partition coefficient (Wildman–Crippen LogP) is 3.34. The van der Waals surface area contributed by atoms with E-state index in [1.807, 2.05) is 23.7 Å². The molecule has 2 aromatic rings. The van der Waals surface area contributed by atoms with Crippen LogP contribution < -0.4 is 0 Å². The molecule has 146 valence electrons. The lowest BCUT2D eigenvalue weighted by atomic mass is 9.88. The molecule has 1 saturated heterocycles. The van der Waals surface area contributed by atoms with E-state index in [9.17, 15) is 4.79 Å². The van der Waals surface area contributed by atoms with Crippen molar-refractivity contribution in [1.29, 1.82) is 0 Å². The molecule has 2 aromatic heterocycles. The molecule has 1 aliphatic heterocycles. The Bertz CT molecular complexity index is 821. The number of fused-ring (bicyclic) bond motifs is 1. The molecule has 1 aliphatic carbocycles. The number of carbonyl (C=O) groups is 1. The summed E-state index contributed by atoms with van der Waals surface area (Å²) in [7, 11) is 4.14. The molecule has 2 aliphatic rings. The van der Waals surface area contributed by atoms with Crippen molar-refractivity contribution in [2.45, 2.75) is 64.5 Å². The Morgan fingerprint density at radius 1 is 1.19 bits per heavy atom. The van der Waals surface area contributed by atoms with Crippen molar-refractivity contribution in [2.75, 3.05) is 20.6 Å². The number of nitrogens with zero attached hydrogens (tertiary/aromatic N) is 5. The second-order valence-electron chi connectivity index (χ2n) is 8.49. The summed E-state index contributed by atoms with van der Waals surface area (Å²) in [5.74, 6) is 0.579. The minimum absolute atomic E-state index is 0.110. The number of hydrogen-bond acceptors (Lipinski definition) is 4. The van der Waals surface area contributed by atoms with Crippen LogP contribution in [0.3, 0.4) is 0 Å². The molecule has 1 saturated carbocycles. The van der Waals surface area contributed by atoms with Crippen LogP contribution >= 0.6 is 0 Å². The van der Waals surface area contributed by atoms with Crippen molar-refractivity contribution in [2.24, 2.45) is 5.92 Å². The summed E-state index contributed by atoms with van der Waals surface area (Å²) in [4.78, 5) is 22.3. The second kappa shape index (κ2) is 7.58. The molecule has 4 rings (SSSR count). The lowest BCUT2D eigenvalue weighted by Crippen LogP contribution is -2.37. The summed E-state index contributed by atoms with van der Waals surface area (Å²) in [6, 6.07) is 2.13. The molecule has 0 aromatic carbocycles. The molecule has 0 spiro atoms. The molecule has 27 heavy (non-hydrogen) atoms. The highest BCUT2D eigenvalue weighted by atomic mass is 16.2. The van der Waals surface area contributed by atoms with Gasteiger partial charge in [-0.25, -0.2) is 9.50 Å². The third-order valence-corrected chi connectivity index (χ3v) is 6.02. The molecule has 1 unspecified atom stereocenters. The van der Waals surface area contributed by atoms with Gasteiger partial charge in [0.1, 0.15) is 0 Å². The van der Waals surface area contributed by atoms with E-state index in [0.717, 1.165) is 55.8 Å². The van der Waals surface area contributed by atoms with Crippen molar-refractivity contribution < 1.29 is 4.79 Å². The second-order valence-corrected chi connectivity index (χ2v) is 8.49. The van der Waals surface area contributed by atoms with Gasteiger partial charge in [-0.05, 0) is 46.7 Å². The van der Waals surface area contributed by atoms with Gasteiger partial charge in [0.15, 0.2) is 5.65 Å². The summed E-state index contributed by atoms with van der Waals surface area (Å²) >= 11 is 0. The quantitative estimate of drug-likeness (QED) is 0.829. The number of aryl methyl sites for hydroxylation is 1. The lowest BCUT2D eigenvalue weighted by molar-refractivity contribution is -0.137. The van der Waals surface area contributed by atoms with Crippen LogP contribution in [-0.4, -0.2) is 50.9 Å². The summed E-state index contributed by atoms with van der Waals surface area (Å²) in [5.41, 5.74) is 4.17. The number of aromatic nitrogens is 3. The van der Waals surface area contributed by atoms with E-state index in [1.165, 1.54) is 24.8 Å². The van der Waals surface area contributed by atoms with Gasteiger partial charge in [-0.2, -0.15) is 5.10 Å². The average Bonchev–Trinajstić information content (AvgIpc) is 3.27. The van der Waals surface area contributed by atoms with Crippen molar-refractivity contribution in [3.63, 3.8) is 0 Å². The summed E-state index contributed by atoms with van der Waals surface area (Å²) in [6.45, 7) is 3.67. The van der Waals surface area contributed by atoms with Crippen LogP contribution in [0.1, 0.15) is 67.9 Å². The molecule has 1 atom stereocenters. The van der Waals surface area contributed by atoms with Gasteiger partial charge in [-0.3, -0.25) is 4.79 Å². The largest absolute Gasteiger partial charge is 0.334 e. The first kappa shape index (κ1) is 18.4. The van der Waals surface area contributed by atoms with E-state index >= 15 is 0 Å². The maximum Gasteiger partial charge on any atom is 0.226 e. The van der Waals surface area contributed by atoms with E-state index in [-0.39, 0.29) is 12.0 Å². The fraction of sp³-hybridized carbons (Fsp3) is 0.667. The van der Waals surface area contributed by atoms with Crippen molar-refractivity contribution in [3.8, 4) is 0 Å². The minimum Gasteiger partial charge on any atom is -0.334 e. The molecule has 0 N–H and O–H groups in total. The Morgan fingerprint density at radius 3 is 2.70 bits per heavy atom. The van der Waals surface area contributed by atoms with Crippen LogP contribution in [0.2, 0.25) is 0 Å². The minimum atomic E-state index is 0.110. The maximum absolute atomic E-state index is 13.3. The first-order valence-electron chi connectivity index (χ1n) is 10.3. The standard InChI is InChI=1S/C21H31N5O/c1-15-12-19-22-13-17(14-24(2)3)20(26(19)23-15)18-10-7-11-25(18)21(27)16-8-5-4-6-9-16/h12-13,16,18H,4-11,14H2,1-3H3.